The van der Waals surface area contributed by atoms with Crippen molar-refractivity contribution in [2.45, 2.75) is 60.4 Å². The zero-order valence-corrected chi connectivity index (χ0v) is 23.0. The maximum Gasteiger partial charge on any atom is 0.419 e. The number of likely N-dealkylation sites (tertiary alicyclic amines) is 1. The van der Waals surface area contributed by atoms with Gasteiger partial charge in [0, 0.05) is 31.4 Å². The highest BCUT2D eigenvalue weighted by Crippen LogP contribution is 2.47. The van der Waals surface area contributed by atoms with Crippen molar-refractivity contribution in [1.29, 1.82) is 0 Å². The van der Waals surface area contributed by atoms with E-state index in [1.54, 1.807) is 27.1 Å². The number of hydrogen-bond donors (Lipinski definition) is 1. The SMILES string of the molecule is CCn1c(=O)oc2cc(NC(=O)CN3CCC4(CC3)CN(S(=O)(=O)CC(C)C)CC(C)(C)C4)ccc21. The van der Waals surface area contributed by atoms with Crippen LogP contribution < -0.4 is 11.1 Å². The highest BCUT2D eigenvalue weighted by atomic mass is 32.2. The van der Waals surface area contributed by atoms with Gasteiger partial charge in [0.1, 0.15) is 0 Å². The summed E-state index contributed by atoms with van der Waals surface area (Å²) in [6, 6.07) is 5.25. The van der Waals surface area contributed by atoms with Gasteiger partial charge >= 0.3 is 5.76 Å². The first-order valence-electron chi connectivity index (χ1n) is 12.9. The summed E-state index contributed by atoms with van der Waals surface area (Å²) in [4.78, 5) is 26.8. The summed E-state index contributed by atoms with van der Waals surface area (Å²) < 4.78 is 34.7. The Balaban J connectivity index is 1.37. The number of aromatic nitrogens is 1. The number of benzene rings is 1. The topological polar surface area (TPSA) is 105 Å². The number of piperidine rings is 2. The molecule has 3 heterocycles. The second-order valence-electron chi connectivity index (χ2n) is 11.9. The van der Waals surface area contributed by atoms with Crippen LogP contribution >= 0.6 is 0 Å². The third kappa shape index (κ3) is 5.86. The summed E-state index contributed by atoms with van der Waals surface area (Å²) in [6.07, 6.45) is 2.74. The van der Waals surface area contributed by atoms with E-state index in [0.29, 0.717) is 36.4 Å². The summed E-state index contributed by atoms with van der Waals surface area (Å²) >= 11 is 0. The number of nitrogens with one attached hydrogen (secondary N) is 1. The molecule has 1 amide bonds. The van der Waals surface area contributed by atoms with Gasteiger partial charge in [-0.05, 0) is 68.2 Å². The van der Waals surface area contributed by atoms with Crippen molar-refractivity contribution in [3.63, 3.8) is 0 Å². The normalized spacial score (nSPS) is 20.8. The van der Waals surface area contributed by atoms with E-state index in [0.717, 1.165) is 32.4 Å². The molecule has 36 heavy (non-hydrogen) atoms. The standard InChI is InChI=1S/C26H40N4O5S/c1-6-30-21-8-7-20(13-22(21)35-24(30)32)27-23(31)14-28-11-9-26(10-12-28)16-25(4,5)17-29(18-26)36(33,34)15-19(2)3/h7-8,13,19H,6,9-12,14-18H2,1-5H3,(H,27,31). The number of aryl methyl sites for hydroxylation is 1. The summed E-state index contributed by atoms with van der Waals surface area (Å²) in [5, 5.41) is 2.92. The predicted octanol–water partition coefficient (Wildman–Crippen LogP) is 3.35. The molecule has 0 atom stereocenters. The number of hydrogen-bond acceptors (Lipinski definition) is 6. The molecule has 0 bridgehead atoms. The highest BCUT2D eigenvalue weighted by Gasteiger charge is 2.47. The molecule has 2 saturated heterocycles. The smallest absolute Gasteiger partial charge is 0.408 e. The fourth-order valence-electron chi connectivity index (χ4n) is 6.13. The Kier molecular flexibility index (Phi) is 7.43. The van der Waals surface area contributed by atoms with E-state index in [2.05, 4.69) is 24.1 Å². The summed E-state index contributed by atoms with van der Waals surface area (Å²) in [6.45, 7) is 13.6. The lowest BCUT2D eigenvalue weighted by Crippen LogP contribution is -2.56. The van der Waals surface area contributed by atoms with Crippen molar-refractivity contribution in [2.24, 2.45) is 16.7 Å². The van der Waals surface area contributed by atoms with Gasteiger partial charge in [0.05, 0.1) is 17.8 Å². The van der Waals surface area contributed by atoms with Crippen LogP contribution in [0.3, 0.4) is 0 Å². The fraction of sp³-hybridized carbons (Fsp3) is 0.692. The number of anilines is 1. The highest BCUT2D eigenvalue weighted by molar-refractivity contribution is 7.89. The Labute approximate surface area is 213 Å². The third-order valence-corrected chi connectivity index (χ3v) is 9.59. The Morgan fingerprint density at radius 2 is 1.86 bits per heavy atom. The summed E-state index contributed by atoms with van der Waals surface area (Å²) in [5.74, 6) is -0.240. The molecule has 1 N–H and O–H groups in total. The lowest BCUT2D eigenvalue weighted by Gasteiger charge is -2.52. The molecule has 4 rings (SSSR count). The number of nitrogens with zero attached hydrogens (tertiary/aromatic N) is 3. The first-order valence-corrected chi connectivity index (χ1v) is 14.6. The van der Waals surface area contributed by atoms with Crippen LogP contribution in [0.2, 0.25) is 0 Å². The molecule has 0 unspecified atom stereocenters. The van der Waals surface area contributed by atoms with Gasteiger partial charge in [0.15, 0.2) is 5.58 Å². The number of rotatable bonds is 7. The van der Waals surface area contributed by atoms with E-state index in [1.165, 1.54) is 0 Å². The maximum absolute atomic E-state index is 13.0. The van der Waals surface area contributed by atoms with Crippen molar-refractivity contribution in [1.82, 2.24) is 13.8 Å². The molecule has 0 radical (unpaired) electrons. The van der Waals surface area contributed by atoms with Gasteiger partial charge in [0.25, 0.3) is 0 Å². The van der Waals surface area contributed by atoms with Gasteiger partial charge in [-0.3, -0.25) is 14.3 Å². The molecule has 0 aliphatic carbocycles. The second kappa shape index (κ2) is 9.95. The minimum absolute atomic E-state index is 0.0478. The Morgan fingerprint density at radius 3 is 2.50 bits per heavy atom. The van der Waals surface area contributed by atoms with Gasteiger partial charge in [-0.2, -0.15) is 0 Å². The molecule has 200 valence electrons. The zero-order chi connectivity index (χ0) is 26.3. The number of oxazole rings is 1. The first kappa shape index (κ1) is 26.9. The summed E-state index contributed by atoms with van der Waals surface area (Å²) in [5.41, 5.74) is 1.64. The molecule has 2 aliphatic heterocycles. The quantitative estimate of drug-likeness (QED) is 0.600. The van der Waals surface area contributed by atoms with Crippen LogP contribution in [-0.2, 0) is 21.4 Å². The van der Waals surface area contributed by atoms with Crippen LogP contribution in [0.5, 0.6) is 0 Å². The lowest BCUT2D eigenvalue weighted by molar-refractivity contribution is -0.118. The zero-order valence-electron chi connectivity index (χ0n) is 22.2. The molecular formula is C26H40N4O5S. The minimum Gasteiger partial charge on any atom is -0.408 e. The largest absolute Gasteiger partial charge is 0.419 e. The monoisotopic (exact) mass is 520 g/mol. The molecule has 2 aromatic rings. The molecule has 10 heteroatoms. The Morgan fingerprint density at radius 1 is 1.17 bits per heavy atom. The number of fused-ring (bicyclic) bond motifs is 1. The molecule has 1 aromatic heterocycles. The van der Waals surface area contributed by atoms with Crippen LogP contribution in [0.4, 0.5) is 5.69 Å². The number of amides is 1. The van der Waals surface area contributed by atoms with E-state index >= 15 is 0 Å². The van der Waals surface area contributed by atoms with E-state index in [4.69, 9.17) is 4.42 Å². The van der Waals surface area contributed by atoms with Crippen LogP contribution in [-0.4, -0.2) is 66.6 Å². The average molecular weight is 521 g/mol. The molecule has 2 aliphatic rings. The van der Waals surface area contributed by atoms with Crippen molar-refractivity contribution in [3.8, 4) is 0 Å². The molecule has 9 nitrogen and oxygen atoms in total. The number of carbonyl (C=O) groups is 1. The van der Waals surface area contributed by atoms with Crippen molar-refractivity contribution in [2.75, 3.05) is 43.8 Å². The summed E-state index contributed by atoms with van der Waals surface area (Å²) in [7, 11) is -3.29. The van der Waals surface area contributed by atoms with Crippen LogP contribution in [0.15, 0.2) is 27.4 Å². The Bertz CT molecular complexity index is 1270. The minimum atomic E-state index is -3.29. The lowest BCUT2D eigenvalue weighted by atomic mass is 9.65. The molecule has 0 saturated carbocycles. The number of carbonyl (C=O) groups excluding carboxylic acids is 1. The average Bonchev–Trinajstić information content (AvgIpc) is 3.07. The van der Waals surface area contributed by atoms with Crippen molar-refractivity contribution >= 4 is 32.7 Å². The molecular weight excluding hydrogens is 480 g/mol. The van der Waals surface area contributed by atoms with E-state index in [-0.39, 0.29) is 35.0 Å². The van der Waals surface area contributed by atoms with Crippen LogP contribution in [0, 0.1) is 16.7 Å². The molecule has 1 spiro atoms. The van der Waals surface area contributed by atoms with E-state index in [1.807, 2.05) is 20.8 Å². The van der Waals surface area contributed by atoms with E-state index < -0.39 is 15.8 Å². The van der Waals surface area contributed by atoms with Gasteiger partial charge in [-0.25, -0.2) is 17.5 Å². The third-order valence-electron chi connectivity index (χ3n) is 7.46. The van der Waals surface area contributed by atoms with Crippen LogP contribution in [0.25, 0.3) is 11.1 Å². The van der Waals surface area contributed by atoms with Crippen molar-refractivity contribution in [3.05, 3.63) is 28.7 Å². The fourth-order valence-corrected chi connectivity index (χ4v) is 8.20. The predicted molar refractivity (Wildman–Crippen MR) is 141 cm³/mol. The second-order valence-corrected chi connectivity index (χ2v) is 13.9. The maximum atomic E-state index is 13.0. The molecule has 1 aromatic carbocycles. The van der Waals surface area contributed by atoms with Gasteiger partial charge in [0.2, 0.25) is 15.9 Å². The van der Waals surface area contributed by atoms with Crippen molar-refractivity contribution < 1.29 is 17.6 Å². The van der Waals surface area contributed by atoms with E-state index in [9.17, 15) is 18.0 Å². The van der Waals surface area contributed by atoms with Crippen LogP contribution in [0.1, 0.15) is 53.9 Å². The van der Waals surface area contributed by atoms with Gasteiger partial charge in [-0.1, -0.05) is 27.7 Å². The molecule has 2 fully saturated rings. The number of sulfonamides is 1. The van der Waals surface area contributed by atoms with Gasteiger partial charge in [-0.15, -0.1) is 0 Å². The first-order chi connectivity index (χ1) is 16.8. The van der Waals surface area contributed by atoms with Gasteiger partial charge < -0.3 is 9.73 Å². The Hall–Kier alpha value is -2.17.